The van der Waals surface area contributed by atoms with Crippen LogP contribution in [-0.4, -0.2) is 29.8 Å². The maximum absolute atomic E-state index is 12.3. The molecule has 26 heavy (non-hydrogen) atoms. The molecule has 0 spiro atoms. The van der Waals surface area contributed by atoms with E-state index in [2.05, 4.69) is 10.5 Å². The van der Waals surface area contributed by atoms with E-state index in [-0.39, 0.29) is 11.3 Å². The number of fused-ring (bicyclic) bond motifs is 1. The zero-order valence-corrected chi connectivity index (χ0v) is 14.3. The molecule has 8 heteroatoms. The molecule has 3 rings (SSSR count). The number of ether oxygens (including phenoxy) is 2. The topological polar surface area (TPSA) is 103 Å². The lowest BCUT2D eigenvalue weighted by atomic mass is 10.1. The molecule has 0 radical (unpaired) electrons. The number of amides is 1. The molecular weight excluding hydrogens is 338 g/mol. The van der Waals surface area contributed by atoms with Gasteiger partial charge in [0.25, 0.3) is 11.6 Å². The van der Waals surface area contributed by atoms with Crippen LogP contribution in [0.1, 0.15) is 28.4 Å². The highest BCUT2D eigenvalue weighted by molar-refractivity contribution is 6.01. The molecule has 1 N–H and O–H groups in total. The van der Waals surface area contributed by atoms with E-state index in [1.807, 2.05) is 6.07 Å². The van der Waals surface area contributed by atoms with Crippen LogP contribution >= 0.6 is 0 Å². The summed E-state index contributed by atoms with van der Waals surface area (Å²) in [7, 11) is 0. The number of nitro groups is 1. The van der Waals surface area contributed by atoms with Gasteiger partial charge >= 0.3 is 0 Å². The summed E-state index contributed by atoms with van der Waals surface area (Å²) in [6.07, 6.45) is 0. The van der Waals surface area contributed by atoms with E-state index in [0.717, 1.165) is 5.56 Å². The second-order valence-electron chi connectivity index (χ2n) is 5.70. The molecule has 0 saturated heterocycles. The minimum atomic E-state index is -0.518. The molecule has 1 aliphatic rings. The number of benzene rings is 2. The summed E-state index contributed by atoms with van der Waals surface area (Å²) < 4.78 is 11.0. The van der Waals surface area contributed by atoms with Gasteiger partial charge in [-0.25, -0.2) is 5.43 Å². The van der Waals surface area contributed by atoms with Gasteiger partial charge in [0, 0.05) is 17.2 Å². The Hall–Kier alpha value is -3.42. The third-order valence-corrected chi connectivity index (χ3v) is 4.03. The van der Waals surface area contributed by atoms with Crippen molar-refractivity contribution >= 4 is 17.3 Å². The number of carbonyl (C=O) groups excluding carboxylic acids is 1. The van der Waals surface area contributed by atoms with E-state index >= 15 is 0 Å². The Morgan fingerprint density at radius 1 is 1.19 bits per heavy atom. The normalized spacial score (nSPS) is 13.2. The quantitative estimate of drug-likeness (QED) is 0.516. The van der Waals surface area contributed by atoms with Crippen LogP contribution in [-0.2, 0) is 0 Å². The van der Waals surface area contributed by atoms with Crippen molar-refractivity contribution in [3.63, 3.8) is 0 Å². The molecule has 0 unspecified atom stereocenters. The standard InChI is InChI=1S/C18H17N3O5/c1-11-14(4-3-5-15(11)21(23)24)18(22)20-19-12(2)13-6-7-16-17(10-13)26-9-8-25-16/h3-7,10H,8-9H2,1-2H3,(H,20,22)/b19-12-. The molecule has 1 aliphatic heterocycles. The maximum atomic E-state index is 12.3. The number of hydrazone groups is 1. The van der Waals surface area contributed by atoms with Gasteiger partial charge in [0.15, 0.2) is 11.5 Å². The summed E-state index contributed by atoms with van der Waals surface area (Å²) >= 11 is 0. The lowest BCUT2D eigenvalue weighted by Gasteiger charge is -2.18. The van der Waals surface area contributed by atoms with Crippen molar-refractivity contribution in [1.29, 1.82) is 0 Å². The number of carbonyl (C=O) groups is 1. The van der Waals surface area contributed by atoms with E-state index < -0.39 is 10.8 Å². The van der Waals surface area contributed by atoms with Crippen molar-refractivity contribution in [2.45, 2.75) is 13.8 Å². The predicted octanol–water partition coefficient (Wildman–Crippen LogP) is 2.83. The average molecular weight is 355 g/mol. The Morgan fingerprint density at radius 2 is 1.92 bits per heavy atom. The Bertz CT molecular complexity index is 908. The SMILES string of the molecule is C/C(=N/NC(=O)c1cccc([N+](=O)[O-])c1C)c1ccc2c(c1)OCCO2. The maximum Gasteiger partial charge on any atom is 0.273 e. The summed E-state index contributed by atoms with van der Waals surface area (Å²) in [5, 5.41) is 15.1. The number of hydrogen-bond acceptors (Lipinski definition) is 6. The third-order valence-electron chi connectivity index (χ3n) is 4.03. The molecule has 134 valence electrons. The second-order valence-corrected chi connectivity index (χ2v) is 5.70. The van der Waals surface area contributed by atoms with Gasteiger partial charge < -0.3 is 9.47 Å². The van der Waals surface area contributed by atoms with E-state index in [4.69, 9.17) is 9.47 Å². The molecule has 0 fully saturated rings. The molecule has 0 atom stereocenters. The van der Waals surface area contributed by atoms with Crippen LogP contribution in [0.3, 0.4) is 0 Å². The fourth-order valence-electron chi connectivity index (χ4n) is 2.60. The van der Waals surface area contributed by atoms with Crippen LogP contribution in [0.5, 0.6) is 11.5 Å². The lowest BCUT2D eigenvalue weighted by Crippen LogP contribution is -2.21. The van der Waals surface area contributed by atoms with Gasteiger partial charge in [-0.15, -0.1) is 0 Å². The highest BCUT2D eigenvalue weighted by Crippen LogP contribution is 2.30. The number of rotatable bonds is 4. The highest BCUT2D eigenvalue weighted by Gasteiger charge is 2.18. The highest BCUT2D eigenvalue weighted by atomic mass is 16.6. The van der Waals surface area contributed by atoms with Crippen LogP contribution in [0.2, 0.25) is 0 Å². The van der Waals surface area contributed by atoms with Crippen molar-refractivity contribution in [2.24, 2.45) is 5.10 Å². The first-order valence-corrected chi connectivity index (χ1v) is 7.96. The largest absolute Gasteiger partial charge is 0.486 e. The summed E-state index contributed by atoms with van der Waals surface area (Å²) in [4.78, 5) is 22.8. The third kappa shape index (κ3) is 3.49. The molecule has 0 aromatic heterocycles. The Labute approximate surface area is 149 Å². The van der Waals surface area contributed by atoms with Crippen molar-refractivity contribution in [3.8, 4) is 11.5 Å². The summed E-state index contributed by atoms with van der Waals surface area (Å²) in [5.74, 6) is 0.788. The average Bonchev–Trinajstić information content (AvgIpc) is 2.65. The molecule has 1 amide bonds. The molecule has 0 aliphatic carbocycles. The van der Waals surface area contributed by atoms with Gasteiger partial charge in [-0.05, 0) is 38.1 Å². The first-order valence-electron chi connectivity index (χ1n) is 7.96. The van der Waals surface area contributed by atoms with Gasteiger partial charge in [-0.2, -0.15) is 5.10 Å². The second kappa shape index (κ2) is 7.22. The van der Waals surface area contributed by atoms with Crippen molar-refractivity contribution < 1.29 is 19.2 Å². The van der Waals surface area contributed by atoms with E-state index in [1.54, 1.807) is 19.1 Å². The molecule has 2 aromatic rings. The molecular formula is C18H17N3O5. The van der Waals surface area contributed by atoms with Crippen molar-refractivity contribution in [3.05, 3.63) is 63.2 Å². The van der Waals surface area contributed by atoms with Crippen LogP contribution in [0.25, 0.3) is 0 Å². The van der Waals surface area contributed by atoms with E-state index in [1.165, 1.54) is 25.1 Å². The Morgan fingerprint density at radius 3 is 2.65 bits per heavy atom. The van der Waals surface area contributed by atoms with E-state index in [0.29, 0.717) is 36.0 Å². The summed E-state index contributed by atoms with van der Waals surface area (Å²) in [5.41, 5.74) is 4.17. The number of nitrogens with zero attached hydrogens (tertiary/aromatic N) is 2. The van der Waals surface area contributed by atoms with Crippen LogP contribution in [0, 0.1) is 17.0 Å². The predicted molar refractivity (Wildman–Crippen MR) is 94.9 cm³/mol. The smallest absolute Gasteiger partial charge is 0.273 e. The lowest BCUT2D eigenvalue weighted by molar-refractivity contribution is -0.385. The molecule has 2 aromatic carbocycles. The zero-order chi connectivity index (χ0) is 18.7. The Kier molecular flexibility index (Phi) is 4.83. The summed E-state index contributed by atoms with van der Waals surface area (Å²) in [6.45, 7) is 4.27. The number of nitrogens with one attached hydrogen (secondary N) is 1. The minimum Gasteiger partial charge on any atom is -0.486 e. The minimum absolute atomic E-state index is 0.106. The number of nitro benzene ring substituents is 1. The van der Waals surface area contributed by atoms with Gasteiger partial charge in [-0.3, -0.25) is 14.9 Å². The van der Waals surface area contributed by atoms with E-state index in [9.17, 15) is 14.9 Å². The molecule has 1 heterocycles. The van der Waals surface area contributed by atoms with Crippen LogP contribution in [0.15, 0.2) is 41.5 Å². The van der Waals surface area contributed by atoms with Crippen molar-refractivity contribution in [2.75, 3.05) is 13.2 Å². The fraction of sp³-hybridized carbons (Fsp3) is 0.222. The van der Waals surface area contributed by atoms with Crippen molar-refractivity contribution in [1.82, 2.24) is 5.43 Å². The number of hydrogen-bond donors (Lipinski definition) is 1. The molecule has 8 nitrogen and oxygen atoms in total. The monoisotopic (exact) mass is 355 g/mol. The first-order chi connectivity index (χ1) is 12.5. The van der Waals surface area contributed by atoms with Gasteiger partial charge in [-0.1, -0.05) is 6.07 Å². The molecule has 0 bridgehead atoms. The van der Waals surface area contributed by atoms with Crippen LogP contribution in [0.4, 0.5) is 5.69 Å². The Balaban J connectivity index is 1.78. The fourth-order valence-corrected chi connectivity index (χ4v) is 2.60. The summed E-state index contributed by atoms with van der Waals surface area (Å²) in [6, 6.07) is 9.74. The van der Waals surface area contributed by atoms with Gasteiger partial charge in [0.2, 0.25) is 0 Å². The first kappa shape index (κ1) is 17.4. The van der Waals surface area contributed by atoms with Gasteiger partial charge in [0.1, 0.15) is 13.2 Å². The van der Waals surface area contributed by atoms with Crippen LogP contribution < -0.4 is 14.9 Å². The van der Waals surface area contributed by atoms with Gasteiger partial charge in [0.05, 0.1) is 16.2 Å². The zero-order valence-electron chi connectivity index (χ0n) is 14.3. The molecule has 0 saturated carbocycles.